The van der Waals surface area contributed by atoms with Crippen LogP contribution >= 0.6 is 0 Å². The molecule has 138 valence electrons. The van der Waals surface area contributed by atoms with Gasteiger partial charge in [0.15, 0.2) is 0 Å². The summed E-state index contributed by atoms with van der Waals surface area (Å²) in [5.74, 6) is -0.147. The minimum Gasteiger partial charge on any atom is -0.507 e. The largest absolute Gasteiger partial charge is 0.507 e. The van der Waals surface area contributed by atoms with Gasteiger partial charge in [-0.2, -0.15) is 5.10 Å². The van der Waals surface area contributed by atoms with E-state index in [0.717, 1.165) is 0 Å². The third-order valence-electron chi connectivity index (χ3n) is 3.42. The van der Waals surface area contributed by atoms with Gasteiger partial charge in [0.2, 0.25) is 10.0 Å². The van der Waals surface area contributed by atoms with Crippen LogP contribution in [-0.2, 0) is 14.8 Å². The number of nitrogens with one attached hydrogen (secondary N) is 2. The van der Waals surface area contributed by atoms with Gasteiger partial charge in [-0.25, -0.2) is 18.6 Å². The molecule has 0 fully saturated rings. The molecule has 26 heavy (non-hydrogen) atoms. The summed E-state index contributed by atoms with van der Waals surface area (Å²) in [7, 11) is -2.29. The van der Waals surface area contributed by atoms with Crippen LogP contribution in [0.4, 0.5) is 0 Å². The lowest BCUT2D eigenvalue weighted by Gasteiger charge is -2.08. The lowest BCUT2D eigenvalue weighted by atomic mass is 10.1. The Morgan fingerprint density at radius 3 is 2.54 bits per heavy atom. The van der Waals surface area contributed by atoms with Gasteiger partial charge in [-0.05, 0) is 37.3 Å². The van der Waals surface area contributed by atoms with Crippen molar-refractivity contribution in [3.05, 3.63) is 54.1 Å². The monoisotopic (exact) mass is 377 g/mol. The van der Waals surface area contributed by atoms with Crippen LogP contribution in [0.15, 0.2) is 58.5 Å². The Bertz CT molecular complexity index is 911. The lowest BCUT2D eigenvalue weighted by Crippen LogP contribution is -2.35. The molecule has 0 saturated heterocycles. The van der Waals surface area contributed by atoms with Crippen molar-refractivity contribution in [2.45, 2.75) is 11.8 Å². The fourth-order valence-corrected chi connectivity index (χ4v) is 3.02. The predicted octanol–water partition coefficient (Wildman–Crippen LogP) is 1.22. The average Bonchev–Trinajstić information content (AvgIpc) is 2.65. The van der Waals surface area contributed by atoms with E-state index in [1.165, 1.54) is 25.3 Å². The van der Waals surface area contributed by atoms with E-state index >= 15 is 0 Å². The number of carbonyl (C=O) groups is 1. The van der Waals surface area contributed by atoms with Gasteiger partial charge < -0.3 is 9.84 Å². The minimum absolute atomic E-state index is 0.0221. The van der Waals surface area contributed by atoms with Crippen LogP contribution in [0.5, 0.6) is 11.5 Å². The van der Waals surface area contributed by atoms with Gasteiger partial charge in [-0.3, -0.25) is 4.79 Å². The number of hydrogen-bond acceptors (Lipinski definition) is 6. The highest BCUT2D eigenvalue weighted by Crippen LogP contribution is 2.23. The van der Waals surface area contributed by atoms with E-state index in [2.05, 4.69) is 15.2 Å². The molecule has 3 N–H and O–H groups in total. The number of benzene rings is 2. The third kappa shape index (κ3) is 5.04. The predicted molar refractivity (Wildman–Crippen MR) is 96.6 cm³/mol. The first-order valence-corrected chi connectivity index (χ1v) is 9.07. The highest BCUT2D eigenvalue weighted by Gasteiger charge is 2.15. The van der Waals surface area contributed by atoms with Crippen LogP contribution < -0.4 is 14.9 Å². The van der Waals surface area contributed by atoms with E-state index in [0.29, 0.717) is 17.0 Å². The van der Waals surface area contributed by atoms with Crippen molar-refractivity contribution < 1.29 is 23.1 Å². The standard InChI is InChI=1S/C17H19N3O5S/c1-12(15-10-13(25-2)8-9-16(15)21)19-20-17(22)11-18-26(23,24)14-6-4-3-5-7-14/h3-10,18,21H,11H2,1-2H3,(H,20,22)/b19-12+. The quantitative estimate of drug-likeness (QED) is 0.495. The summed E-state index contributed by atoms with van der Waals surface area (Å²) in [6.45, 7) is 1.11. The number of amides is 1. The van der Waals surface area contributed by atoms with Crippen molar-refractivity contribution in [2.24, 2.45) is 5.10 Å². The molecule has 0 spiro atoms. The summed E-state index contributed by atoms with van der Waals surface area (Å²) < 4.78 is 31.3. The van der Waals surface area contributed by atoms with Gasteiger partial charge in [0, 0.05) is 5.56 Å². The van der Waals surface area contributed by atoms with Gasteiger partial charge in [0.1, 0.15) is 11.5 Å². The number of carbonyl (C=O) groups excluding carboxylic acids is 1. The second kappa shape index (κ2) is 8.45. The van der Waals surface area contributed by atoms with Crippen molar-refractivity contribution in [1.29, 1.82) is 0 Å². The van der Waals surface area contributed by atoms with Crippen LogP contribution in [0.3, 0.4) is 0 Å². The molecule has 9 heteroatoms. The molecule has 0 aromatic heterocycles. The second-order valence-corrected chi connectivity index (χ2v) is 7.02. The molecule has 2 aromatic rings. The zero-order valence-electron chi connectivity index (χ0n) is 14.3. The fraction of sp³-hybridized carbons (Fsp3) is 0.176. The van der Waals surface area contributed by atoms with Crippen molar-refractivity contribution in [1.82, 2.24) is 10.1 Å². The summed E-state index contributed by atoms with van der Waals surface area (Å²) in [6, 6.07) is 12.3. The van der Waals surface area contributed by atoms with E-state index < -0.39 is 22.5 Å². The number of aromatic hydroxyl groups is 1. The molecule has 2 aromatic carbocycles. The van der Waals surface area contributed by atoms with Gasteiger partial charge in [0.05, 0.1) is 24.3 Å². The van der Waals surface area contributed by atoms with Crippen molar-refractivity contribution in [3.8, 4) is 11.5 Å². The van der Waals surface area contributed by atoms with Crippen LogP contribution in [0, 0.1) is 0 Å². The SMILES string of the molecule is COc1ccc(O)c(/C(C)=N/NC(=O)CNS(=O)(=O)c2ccccc2)c1. The normalized spacial score (nSPS) is 11.8. The van der Waals surface area contributed by atoms with E-state index in [4.69, 9.17) is 4.74 Å². The molecule has 2 rings (SSSR count). The Kier molecular flexibility index (Phi) is 6.31. The molecule has 0 aliphatic heterocycles. The molecule has 0 unspecified atom stereocenters. The Labute approximate surface area is 151 Å². The maximum Gasteiger partial charge on any atom is 0.255 e. The first-order chi connectivity index (χ1) is 12.3. The van der Waals surface area contributed by atoms with E-state index in [1.54, 1.807) is 37.3 Å². The highest BCUT2D eigenvalue weighted by molar-refractivity contribution is 7.89. The molecule has 0 saturated carbocycles. The summed E-state index contributed by atoms with van der Waals surface area (Å²) in [5, 5.41) is 13.7. The Morgan fingerprint density at radius 2 is 1.88 bits per heavy atom. The molecule has 0 aliphatic rings. The Morgan fingerprint density at radius 1 is 1.19 bits per heavy atom. The number of phenols is 1. The van der Waals surface area contributed by atoms with Crippen LogP contribution in [0.1, 0.15) is 12.5 Å². The van der Waals surface area contributed by atoms with Crippen molar-refractivity contribution >= 4 is 21.6 Å². The summed E-state index contributed by atoms with van der Waals surface area (Å²) in [6.07, 6.45) is 0. The molecule has 8 nitrogen and oxygen atoms in total. The molecule has 0 bridgehead atoms. The zero-order chi connectivity index (χ0) is 19.2. The highest BCUT2D eigenvalue weighted by atomic mass is 32.2. The molecule has 0 aliphatic carbocycles. The van der Waals surface area contributed by atoms with Gasteiger partial charge in [-0.15, -0.1) is 0 Å². The van der Waals surface area contributed by atoms with Crippen LogP contribution in [-0.4, -0.2) is 38.8 Å². The van der Waals surface area contributed by atoms with Crippen molar-refractivity contribution in [3.63, 3.8) is 0 Å². The number of sulfonamides is 1. The number of ether oxygens (including phenoxy) is 1. The van der Waals surface area contributed by atoms with E-state index in [-0.39, 0.29) is 10.6 Å². The van der Waals surface area contributed by atoms with E-state index in [1.807, 2.05) is 0 Å². The summed E-state index contributed by atoms with van der Waals surface area (Å²) in [5.41, 5.74) is 2.96. The third-order valence-corrected chi connectivity index (χ3v) is 4.84. The molecule has 0 radical (unpaired) electrons. The average molecular weight is 377 g/mol. The van der Waals surface area contributed by atoms with Crippen LogP contribution in [0.2, 0.25) is 0 Å². The minimum atomic E-state index is -3.78. The first-order valence-electron chi connectivity index (χ1n) is 7.58. The van der Waals surface area contributed by atoms with Crippen molar-refractivity contribution in [2.75, 3.05) is 13.7 Å². The topological polar surface area (TPSA) is 117 Å². The summed E-state index contributed by atoms with van der Waals surface area (Å²) >= 11 is 0. The van der Waals surface area contributed by atoms with Crippen LogP contribution in [0.25, 0.3) is 0 Å². The number of rotatable bonds is 7. The number of phenolic OH excluding ortho intramolecular Hbond substituents is 1. The second-order valence-electron chi connectivity index (χ2n) is 5.25. The lowest BCUT2D eigenvalue weighted by molar-refractivity contribution is -0.119. The van der Waals surface area contributed by atoms with Gasteiger partial charge in [0.25, 0.3) is 5.91 Å². The Balaban J connectivity index is 1.99. The Hall–Kier alpha value is -2.91. The number of nitrogens with zero attached hydrogens (tertiary/aromatic N) is 1. The summed E-state index contributed by atoms with van der Waals surface area (Å²) in [4.78, 5) is 11.9. The van der Waals surface area contributed by atoms with Gasteiger partial charge in [-0.1, -0.05) is 18.2 Å². The maximum atomic E-state index is 12.0. The first kappa shape index (κ1) is 19.4. The smallest absolute Gasteiger partial charge is 0.255 e. The molecule has 0 heterocycles. The number of hydrazone groups is 1. The van der Waals surface area contributed by atoms with E-state index in [9.17, 15) is 18.3 Å². The number of methoxy groups -OCH3 is 1. The number of hydrogen-bond donors (Lipinski definition) is 3. The molecule has 1 amide bonds. The maximum absolute atomic E-state index is 12.0. The molecule has 0 atom stereocenters. The molecular weight excluding hydrogens is 358 g/mol. The fourth-order valence-electron chi connectivity index (χ4n) is 2.02. The molecular formula is C17H19N3O5S. The van der Waals surface area contributed by atoms with Gasteiger partial charge >= 0.3 is 0 Å². The zero-order valence-corrected chi connectivity index (χ0v) is 15.1.